The van der Waals surface area contributed by atoms with Crippen LogP contribution in [0.15, 0.2) is 24.3 Å². The number of para-hydroxylation sites is 2. The van der Waals surface area contributed by atoms with Crippen molar-refractivity contribution in [1.82, 2.24) is 9.55 Å². The Morgan fingerprint density at radius 3 is 2.00 bits per heavy atom. The molecule has 0 aliphatic heterocycles. The van der Waals surface area contributed by atoms with Gasteiger partial charge in [0.05, 0.1) is 11.0 Å². The molecular formula is C13H22N2V. The third-order valence-electron chi connectivity index (χ3n) is 2.01. The molecule has 3 heteroatoms. The quantitative estimate of drug-likeness (QED) is 0.699. The Morgan fingerprint density at radius 2 is 1.50 bits per heavy atom. The number of imidazole rings is 1. The van der Waals surface area contributed by atoms with E-state index in [1.807, 2.05) is 59.9 Å². The monoisotopic (exact) mass is 257 g/mol. The van der Waals surface area contributed by atoms with Gasteiger partial charge in [-0.25, -0.2) is 4.98 Å². The van der Waals surface area contributed by atoms with Gasteiger partial charge in [0.2, 0.25) is 0 Å². The fraction of sp³-hybridized carbons (Fsp3) is 0.462. The van der Waals surface area contributed by atoms with Crippen LogP contribution in [0.1, 0.15) is 33.5 Å². The summed E-state index contributed by atoms with van der Waals surface area (Å²) < 4.78 is 2.09. The van der Waals surface area contributed by atoms with E-state index in [-0.39, 0.29) is 18.6 Å². The molecule has 0 N–H and O–H groups in total. The van der Waals surface area contributed by atoms with E-state index >= 15 is 0 Å². The molecule has 0 aliphatic carbocycles. The summed E-state index contributed by atoms with van der Waals surface area (Å²) in [6.07, 6.45) is 0. The molecule has 16 heavy (non-hydrogen) atoms. The summed E-state index contributed by atoms with van der Waals surface area (Å²) in [7, 11) is 2.03. The van der Waals surface area contributed by atoms with E-state index in [4.69, 9.17) is 0 Å². The topological polar surface area (TPSA) is 17.8 Å². The molecule has 2 nitrogen and oxygen atoms in total. The van der Waals surface area contributed by atoms with Crippen LogP contribution in [0.4, 0.5) is 0 Å². The van der Waals surface area contributed by atoms with Crippen molar-refractivity contribution < 1.29 is 18.6 Å². The van der Waals surface area contributed by atoms with Crippen molar-refractivity contribution in [2.75, 3.05) is 0 Å². The van der Waals surface area contributed by atoms with Gasteiger partial charge in [-0.2, -0.15) is 0 Å². The maximum atomic E-state index is 4.38. The Kier molecular flexibility index (Phi) is 10.5. The maximum Gasteiger partial charge on any atom is 0.106 e. The van der Waals surface area contributed by atoms with Gasteiger partial charge in [0.25, 0.3) is 0 Å². The number of fused-ring (bicyclic) bond motifs is 1. The number of hydrogen-bond donors (Lipinski definition) is 0. The standard InChI is InChI=1S/C9H10N2.2C2H6.V/c1-7-10-8-5-3-4-6-9(8)11(7)2;2*1-2;/h3-6H,1-2H3;2*1-2H3;. The molecule has 0 spiro atoms. The van der Waals surface area contributed by atoms with Crippen molar-refractivity contribution in [3.05, 3.63) is 30.1 Å². The first kappa shape index (κ1) is 17.7. The van der Waals surface area contributed by atoms with Crippen LogP contribution in [0.2, 0.25) is 0 Å². The van der Waals surface area contributed by atoms with E-state index in [0.717, 1.165) is 11.3 Å². The number of rotatable bonds is 0. The molecule has 1 aromatic heterocycles. The fourth-order valence-electron chi connectivity index (χ4n) is 1.27. The van der Waals surface area contributed by atoms with Gasteiger partial charge in [0.15, 0.2) is 0 Å². The van der Waals surface area contributed by atoms with E-state index < -0.39 is 0 Å². The van der Waals surface area contributed by atoms with Crippen molar-refractivity contribution >= 4 is 11.0 Å². The second-order valence-electron chi connectivity index (χ2n) is 2.71. The van der Waals surface area contributed by atoms with Crippen LogP contribution in [0, 0.1) is 6.92 Å². The molecule has 0 fully saturated rings. The van der Waals surface area contributed by atoms with Crippen molar-refractivity contribution in [3.63, 3.8) is 0 Å². The van der Waals surface area contributed by atoms with Crippen molar-refractivity contribution in [3.8, 4) is 0 Å². The van der Waals surface area contributed by atoms with E-state index in [9.17, 15) is 0 Å². The molecule has 1 aromatic carbocycles. The van der Waals surface area contributed by atoms with E-state index in [1.165, 1.54) is 5.52 Å². The summed E-state index contributed by atoms with van der Waals surface area (Å²) in [5.41, 5.74) is 2.28. The van der Waals surface area contributed by atoms with Gasteiger partial charge in [0, 0.05) is 25.6 Å². The average molecular weight is 257 g/mol. The maximum absolute atomic E-state index is 4.38. The van der Waals surface area contributed by atoms with Crippen LogP contribution in [-0.2, 0) is 25.6 Å². The first-order chi connectivity index (χ1) is 7.29. The van der Waals surface area contributed by atoms with Crippen LogP contribution in [0.3, 0.4) is 0 Å². The number of benzene rings is 1. The SMILES string of the molecule is CC.CC.Cc1nc2ccccc2n1C.[V]. The second kappa shape index (κ2) is 9.50. The Morgan fingerprint density at radius 1 is 1.00 bits per heavy atom. The fourth-order valence-corrected chi connectivity index (χ4v) is 1.27. The molecular weight excluding hydrogens is 235 g/mol. The number of aryl methyl sites for hydroxylation is 2. The average Bonchev–Trinajstić information content (AvgIpc) is 2.61. The predicted molar refractivity (Wildman–Crippen MR) is 68.1 cm³/mol. The Bertz CT molecular complexity index is 394. The molecule has 89 valence electrons. The smallest absolute Gasteiger partial charge is 0.106 e. The summed E-state index contributed by atoms with van der Waals surface area (Å²) in [6.45, 7) is 10.0. The van der Waals surface area contributed by atoms with Gasteiger partial charge in [-0.05, 0) is 19.1 Å². The summed E-state index contributed by atoms with van der Waals surface area (Å²) in [6, 6.07) is 8.15. The zero-order chi connectivity index (χ0) is 11.8. The Balaban J connectivity index is 0. The van der Waals surface area contributed by atoms with Crippen molar-refractivity contribution in [2.24, 2.45) is 7.05 Å². The van der Waals surface area contributed by atoms with Crippen LogP contribution >= 0.6 is 0 Å². The molecule has 2 rings (SSSR count). The molecule has 2 aromatic rings. The van der Waals surface area contributed by atoms with E-state index in [1.54, 1.807) is 0 Å². The van der Waals surface area contributed by atoms with Crippen LogP contribution in [0.5, 0.6) is 0 Å². The summed E-state index contributed by atoms with van der Waals surface area (Å²) in [5.74, 6) is 1.06. The minimum Gasteiger partial charge on any atom is -0.331 e. The first-order valence-corrected chi connectivity index (χ1v) is 5.67. The zero-order valence-corrected chi connectivity index (χ0v) is 12.5. The van der Waals surface area contributed by atoms with Crippen LogP contribution in [0.25, 0.3) is 11.0 Å². The molecule has 0 saturated carbocycles. The largest absolute Gasteiger partial charge is 0.331 e. The number of hydrogen-bond acceptors (Lipinski definition) is 1. The van der Waals surface area contributed by atoms with Gasteiger partial charge in [0.1, 0.15) is 5.82 Å². The molecule has 0 saturated heterocycles. The molecule has 1 heterocycles. The van der Waals surface area contributed by atoms with Gasteiger partial charge < -0.3 is 4.57 Å². The van der Waals surface area contributed by atoms with Gasteiger partial charge in [-0.3, -0.25) is 0 Å². The molecule has 1 radical (unpaired) electrons. The summed E-state index contributed by atoms with van der Waals surface area (Å²) >= 11 is 0. The van der Waals surface area contributed by atoms with Crippen LogP contribution < -0.4 is 0 Å². The number of nitrogens with zero attached hydrogens (tertiary/aromatic N) is 2. The molecule has 0 bridgehead atoms. The molecule has 0 aliphatic rings. The first-order valence-electron chi connectivity index (χ1n) is 5.67. The molecule has 0 unspecified atom stereocenters. The molecule has 0 atom stereocenters. The van der Waals surface area contributed by atoms with Gasteiger partial charge in [-0.1, -0.05) is 39.8 Å². The second-order valence-corrected chi connectivity index (χ2v) is 2.71. The van der Waals surface area contributed by atoms with Gasteiger partial charge >= 0.3 is 0 Å². The molecule has 0 amide bonds. The minimum absolute atomic E-state index is 0. The summed E-state index contributed by atoms with van der Waals surface area (Å²) in [4.78, 5) is 4.38. The Hall–Kier alpha value is -0.726. The van der Waals surface area contributed by atoms with E-state index in [2.05, 4.69) is 15.6 Å². The minimum atomic E-state index is 0. The normalized spacial score (nSPS) is 8.12. The van der Waals surface area contributed by atoms with Crippen molar-refractivity contribution in [2.45, 2.75) is 34.6 Å². The van der Waals surface area contributed by atoms with Gasteiger partial charge in [-0.15, -0.1) is 0 Å². The van der Waals surface area contributed by atoms with E-state index in [0.29, 0.717) is 0 Å². The van der Waals surface area contributed by atoms with Crippen LogP contribution in [-0.4, -0.2) is 9.55 Å². The number of aromatic nitrogens is 2. The van der Waals surface area contributed by atoms with Crippen molar-refractivity contribution in [1.29, 1.82) is 0 Å². The predicted octanol–water partition coefficient (Wildman–Crippen LogP) is 3.93. The summed E-state index contributed by atoms with van der Waals surface area (Å²) in [5, 5.41) is 0. The Labute approximate surface area is 111 Å². The third-order valence-corrected chi connectivity index (χ3v) is 2.01. The third kappa shape index (κ3) is 4.03. The zero-order valence-electron chi connectivity index (χ0n) is 11.2.